The van der Waals surface area contributed by atoms with E-state index in [0.29, 0.717) is 29.6 Å². The maximum Gasteiger partial charge on any atom is 0.338 e. The van der Waals surface area contributed by atoms with E-state index >= 15 is 0 Å². The first-order valence-electron chi connectivity index (χ1n) is 9.41. The quantitative estimate of drug-likeness (QED) is 0.318. The average molecular weight is 423 g/mol. The number of benzene rings is 2. The molecule has 1 N–H and O–H groups in total. The van der Waals surface area contributed by atoms with Crippen molar-refractivity contribution in [3.8, 4) is 11.4 Å². The van der Waals surface area contributed by atoms with Gasteiger partial charge in [0.15, 0.2) is 11.0 Å². The van der Waals surface area contributed by atoms with Gasteiger partial charge in [-0.1, -0.05) is 48.2 Å². The third-order valence-corrected chi connectivity index (χ3v) is 5.04. The Labute approximate surface area is 179 Å². The van der Waals surface area contributed by atoms with E-state index in [9.17, 15) is 9.59 Å². The van der Waals surface area contributed by atoms with Gasteiger partial charge in [0.2, 0.25) is 5.91 Å². The standard InChI is InChI=1S/C22H22N4O3S/c1-3-14-26-20(16-8-6-5-7-9-16)24-25-22(26)30-15-19(27)23-18-12-10-17(11-13-18)21(28)29-4-2/h3,5-13H,1,4,14-15H2,2H3,(H,23,27). The molecular formula is C22H22N4O3S. The molecule has 0 aliphatic rings. The summed E-state index contributed by atoms with van der Waals surface area (Å²) >= 11 is 1.30. The molecule has 154 valence electrons. The van der Waals surface area contributed by atoms with Gasteiger partial charge >= 0.3 is 5.97 Å². The number of aromatic nitrogens is 3. The fourth-order valence-electron chi connectivity index (χ4n) is 2.72. The van der Waals surface area contributed by atoms with Gasteiger partial charge in [-0.2, -0.15) is 0 Å². The number of hydrogen-bond donors (Lipinski definition) is 1. The predicted octanol–water partition coefficient (Wildman–Crippen LogP) is 4.04. The van der Waals surface area contributed by atoms with Gasteiger partial charge in [0.05, 0.1) is 17.9 Å². The molecule has 7 nitrogen and oxygen atoms in total. The minimum absolute atomic E-state index is 0.170. The van der Waals surface area contributed by atoms with Crippen molar-refractivity contribution in [3.05, 3.63) is 72.8 Å². The molecule has 8 heteroatoms. The highest BCUT2D eigenvalue weighted by atomic mass is 32.2. The topological polar surface area (TPSA) is 86.1 Å². The number of nitrogens with zero attached hydrogens (tertiary/aromatic N) is 3. The van der Waals surface area contributed by atoms with Crippen molar-refractivity contribution >= 4 is 29.3 Å². The van der Waals surface area contributed by atoms with E-state index in [1.807, 2.05) is 34.9 Å². The second kappa shape index (κ2) is 10.4. The summed E-state index contributed by atoms with van der Waals surface area (Å²) in [6.45, 7) is 6.40. The van der Waals surface area contributed by atoms with Crippen LogP contribution in [0.4, 0.5) is 5.69 Å². The van der Waals surface area contributed by atoms with Crippen molar-refractivity contribution in [2.45, 2.75) is 18.6 Å². The Balaban J connectivity index is 1.63. The number of esters is 1. The minimum atomic E-state index is -0.387. The Hall–Kier alpha value is -3.39. The molecule has 30 heavy (non-hydrogen) atoms. The minimum Gasteiger partial charge on any atom is -0.462 e. The molecule has 1 heterocycles. The number of thioether (sulfide) groups is 1. The number of hydrogen-bond acceptors (Lipinski definition) is 6. The Kier molecular flexibility index (Phi) is 7.40. The van der Waals surface area contributed by atoms with Gasteiger partial charge in [0.1, 0.15) is 0 Å². The van der Waals surface area contributed by atoms with Gasteiger partial charge in [0.25, 0.3) is 0 Å². The smallest absolute Gasteiger partial charge is 0.338 e. The second-order valence-electron chi connectivity index (χ2n) is 6.21. The number of nitrogens with one attached hydrogen (secondary N) is 1. The lowest BCUT2D eigenvalue weighted by atomic mass is 10.2. The van der Waals surface area contributed by atoms with E-state index < -0.39 is 0 Å². The first-order valence-corrected chi connectivity index (χ1v) is 10.4. The van der Waals surface area contributed by atoms with Gasteiger partial charge in [-0.3, -0.25) is 9.36 Å². The zero-order valence-electron chi connectivity index (χ0n) is 16.6. The van der Waals surface area contributed by atoms with Crippen LogP contribution in [0.2, 0.25) is 0 Å². The summed E-state index contributed by atoms with van der Waals surface area (Å²) in [5.41, 5.74) is 1.99. The van der Waals surface area contributed by atoms with Crippen LogP contribution in [-0.2, 0) is 16.1 Å². The molecule has 3 rings (SSSR count). The monoisotopic (exact) mass is 422 g/mol. The van der Waals surface area contributed by atoms with E-state index in [2.05, 4.69) is 22.1 Å². The fourth-order valence-corrected chi connectivity index (χ4v) is 3.47. The summed E-state index contributed by atoms with van der Waals surface area (Å²) in [6.07, 6.45) is 1.77. The van der Waals surface area contributed by atoms with Gasteiger partial charge in [0, 0.05) is 17.8 Å². The summed E-state index contributed by atoms with van der Waals surface area (Å²) in [4.78, 5) is 24.0. The number of anilines is 1. The summed E-state index contributed by atoms with van der Waals surface area (Å²) in [6, 6.07) is 16.3. The SMILES string of the molecule is C=CCn1c(SCC(=O)Nc2ccc(C(=O)OCC)cc2)nnc1-c1ccccc1. The van der Waals surface area contributed by atoms with Gasteiger partial charge in [-0.05, 0) is 31.2 Å². The number of carbonyl (C=O) groups is 2. The Morgan fingerprint density at radius 3 is 2.53 bits per heavy atom. The van der Waals surface area contributed by atoms with Gasteiger partial charge in [-0.25, -0.2) is 4.79 Å². The molecule has 0 saturated heterocycles. The molecule has 0 fully saturated rings. The van der Waals surface area contributed by atoms with Crippen molar-refractivity contribution in [1.29, 1.82) is 0 Å². The number of allylic oxidation sites excluding steroid dienone is 1. The molecule has 1 amide bonds. The van der Waals surface area contributed by atoms with E-state index in [4.69, 9.17) is 4.74 Å². The van der Waals surface area contributed by atoms with Crippen LogP contribution in [0.15, 0.2) is 72.4 Å². The molecule has 0 aliphatic heterocycles. The highest BCUT2D eigenvalue weighted by molar-refractivity contribution is 7.99. The molecule has 0 radical (unpaired) electrons. The van der Waals surface area contributed by atoms with Crippen LogP contribution >= 0.6 is 11.8 Å². The maximum atomic E-state index is 12.4. The van der Waals surface area contributed by atoms with Crippen LogP contribution in [0.3, 0.4) is 0 Å². The van der Waals surface area contributed by atoms with E-state index in [1.165, 1.54) is 11.8 Å². The summed E-state index contributed by atoms with van der Waals surface area (Å²) in [5, 5.41) is 12.0. The summed E-state index contributed by atoms with van der Waals surface area (Å²) in [5.74, 6) is 0.330. The maximum absolute atomic E-state index is 12.4. The van der Waals surface area contributed by atoms with Gasteiger partial charge in [-0.15, -0.1) is 16.8 Å². The summed E-state index contributed by atoms with van der Waals surface area (Å²) < 4.78 is 6.87. The molecule has 0 spiro atoms. The van der Waals surface area contributed by atoms with Gasteiger partial charge < -0.3 is 10.1 Å². The fraction of sp³-hybridized carbons (Fsp3) is 0.182. The predicted molar refractivity (Wildman–Crippen MR) is 117 cm³/mol. The number of rotatable bonds is 9. The third-order valence-electron chi connectivity index (χ3n) is 4.07. The Bertz CT molecular complexity index is 1020. The molecule has 0 atom stereocenters. The van der Waals surface area contributed by atoms with Crippen molar-refractivity contribution in [2.75, 3.05) is 17.7 Å². The van der Waals surface area contributed by atoms with E-state index in [1.54, 1.807) is 37.3 Å². The highest BCUT2D eigenvalue weighted by Gasteiger charge is 2.15. The van der Waals surface area contributed by atoms with Crippen LogP contribution in [0.25, 0.3) is 11.4 Å². The van der Waals surface area contributed by atoms with Crippen LogP contribution < -0.4 is 5.32 Å². The molecule has 0 bridgehead atoms. The van der Waals surface area contributed by atoms with E-state index in [-0.39, 0.29) is 17.6 Å². The molecule has 2 aromatic carbocycles. The molecule has 3 aromatic rings. The van der Waals surface area contributed by atoms with Crippen LogP contribution in [-0.4, -0.2) is 39.0 Å². The lowest BCUT2D eigenvalue weighted by molar-refractivity contribution is -0.113. The highest BCUT2D eigenvalue weighted by Crippen LogP contribution is 2.24. The van der Waals surface area contributed by atoms with Crippen LogP contribution in [0.1, 0.15) is 17.3 Å². The van der Waals surface area contributed by atoms with Crippen LogP contribution in [0.5, 0.6) is 0 Å². The third kappa shape index (κ3) is 5.36. The largest absolute Gasteiger partial charge is 0.462 e. The first-order chi connectivity index (χ1) is 14.6. The zero-order valence-corrected chi connectivity index (χ0v) is 17.4. The molecule has 0 unspecified atom stereocenters. The van der Waals surface area contributed by atoms with Crippen molar-refractivity contribution in [3.63, 3.8) is 0 Å². The first kappa shape index (κ1) is 21.3. The van der Waals surface area contributed by atoms with Crippen LogP contribution in [0, 0.1) is 0 Å². The average Bonchev–Trinajstić information content (AvgIpc) is 3.16. The lowest BCUT2D eigenvalue weighted by Crippen LogP contribution is -2.15. The molecule has 0 saturated carbocycles. The molecule has 1 aromatic heterocycles. The Morgan fingerprint density at radius 1 is 1.13 bits per heavy atom. The number of ether oxygens (including phenoxy) is 1. The normalized spacial score (nSPS) is 10.4. The zero-order chi connectivity index (χ0) is 21.3. The van der Waals surface area contributed by atoms with Crippen molar-refractivity contribution in [2.24, 2.45) is 0 Å². The van der Waals surface area contributed by atoms with E-state index in [0.717, 1.165) is 11.4 Å². The summed E-state index contributed by atoms with van der Waals surface area (Å²) in [7, 11) is 0. The van der Waals surface area contributed by atoms with Crippen molar-refractivity contribution in [1.82, 2.24) is 14.8 Å². The molecule has 0 aliphatic carbocycles. The molecular weight excluding hydrogens is 400 g/mol. The number of carbonyl (C=O) groups excluding carboxylic acids is 2. The Morgan fingerprint density at radius 2 is 1.87 bits per heavy atom. The second-order valence-corrected chi connectivity index (χ2v) is 7.15. The number of amides is 1. The lowest BCUT2D eigenvalue weighted by Gasteiger charge is -2.08. The van der Waals surface area contributed by atoms with Crippen molar-refractivity contribution < 1.29 is 14.3 Å².